The molecule has 0 aliphatic carbocycles. The summed E-state index contributed by atoms with van der Waals surface area (Å²) in [4.78, 5) is 5.72. The van der Waals surface area contributed by atoms with Gasteiger partial charge in [-0.3, -0.25) is 0 Å². The molecule has 0 aliphatic heterocycles. The maximum absolute atomic E-state index is 6.17. The fourth-order valence-corrected chi connectivity index (χ4v) is 2.84. The van der Waals surface area contributed by atoms with Gasteiger partial charge in [0.2, 0.25) is 5.36 Å². The van der Waals surface area contributed by atoms with E-state index >= 15 is 0 Å². The molecule has 0 atom stereocenters. The maximum Gasteiger partial charge on any atom is 0.213 e. The molecule has 1 aromatic heterocycles. The maximum atomic E-state index is 6.17. The van der Waals surface area contributed by atoms with Crippen LogP contribution in [0.25, 0.3) is 22.3 Å². The monoisotopic (exact) mass is 341 g/mol. The van der Waals surface area contributed by atoms with Crippen LogP contribution in [0.5, 0.6) is 0 Å². The lowest BCUT2D eigenvalue weighted by molar-refractivity contribution is -0.499. The van der Waals surface area contributed by atoms with E-state index in [-0.39, 0.29) is 0 Å². The molecule has 2 aromatic carbocycles. The molecule has 0 unspecified atom stereocenters. The van der Waals surface area contributed by atoms with Gasteiger partial charge in [0.1, 0.15) is 17.9 Å². The summed E-state index contributed by atoms with van der Waals surface area (Å²) in [7, 11) is 4.17. The van der Waals surface area contributed by atoms with E-state index in [1.165, 1.54) is 0 Å². The molecule has 3 aromatic rings. The molecule has 0 bridgehead atoms. The Morgan fingerprint density at radius 1 is 1.04 bits per heavy atom. The first-order chi connectivity index (χ1) is 11.6. The van der Waals surface area contributed by atoms with E-state index in [2.05, 4.69) is 42.2 Å². The predicted octanol–water partition coefficient (Wildman–Crippen LogP) is 2.69. The summed E-state index contributed by atoms with van der Waals surface area (Å²) in [5, 5.41) is 2.77. The average molecular weight is 342 g/mol. The van der Waals surface area contributed by atoms with Gasteiger partial charge in [0.25, 0.3) is 0 Å². The van der Waals surface area contributed by atoms with Gasteiger partial charge >= 0.3 is 0 Å². The summed E-state index contributed by atoms with van der Waals surface area (Å²) in [5.41, 5.74) is 1.89. The number of benzene rings is 2. The van der Waals surface area contributed by atoms with Gasteiger partial charge in [-0.2, -0.15) is 0 Å². The molecule has 124 valence electrons. The van der Waals surface area contributed by atoms with Crippen molar-refractivity contribution in [3.63, 3.8) is 0 Å². The van der Waals surface area contributed by atoms with Crippen molar-refractivity contribution in [3.05, 3.63) is 65.0 Å². The highest BCUT2D eigenvalue weighted by Gasteiger charge is 2.09. The molecule has 1 heterocycles. The van der Waals surface area contributed by atoms with Crippen LogP contribution in [0.1, 0.15) is 6.42 Å². The first kappa shape index (κ1) is 16.7. The van der Waals surface area contributed by atoms with Crippen molar-refractivity contribution in [2.45, 2.75) is 6.42 Å². The van der Waals surface area contributed by atoms with E-state index < -0.39 is 0 Å². The van der Waals surface area contributed by atoms with Gasteiger partial charge in [-0.25, -0.2) is 4.99 Å². The molecule has 0 saturated heterocycles. The van der Waals surface area contributed by atoms with Crippen LogP contribution in [0.2, 0.25) is 5.02 Å². The lowest BCUT2D eigenvalue weighted by Gasteiger charge is -2.05. The van der Waals surface area contributed by atoms with Gasteiger partial charge in [-0.1, -0.05) is 41.9 Å². The van der Waals surface area contributed by atoms with Gasteiger partial charge < -0.3 is 9.32 Å². The zero-order valence-corrected chi connectivity index (χ0v) is 14.8. The quantitative estimate of drug-likeness (QED) is 0.723. The van der Waals surface area contributed by atoms with Crippen LogP contribution in [0.4, 0.5) is 0 Å². The lowest BCUT2D eigenvalue weighted by atomic mass is 10.1. The second-order valence-electron chi connectivity index (χ2n) is 6.11. The zero-order valence-electron chi connectivity index (χ0n) is 14.1. The largest absolute Gasteiger partial charge is 0.456 e. The zero-order chi connectivity index (χ0) is 16.9. The number of nitrogens with one attached hydrogen (secondary N) is 1. The Morgan fingerprint density at radius 2 is 1.83 bits per heavy atom. The first-order valence-corrected chi connectivity index (χ1v) is 8.52. The van der Waals surface area contributed by atoms with Crippen molar-refractivity contribution in [1.82, 2.24) is 4.90 Å². The molecule has 1 N–H and O–H groups in total. The van der Waals surface area contributed by atoms with Crippen LogP contribution < -0.4 is 10.3 Å². The first-order valence-electron chi connectivity index (χ1n) is 8.14. The minimum atomic E-state index is 0.710. The van der Waals surface area contributed by atoms with Gasteiger partial charge in [-0.15, -0.1) is 0 Å². The fraction of sp³-hybridized carbons (Fsp3) is 0.250. The van der Waals surface area contributed by atoms with E-state index in [0.717, 1.165) is 47.2 Å². The molecule has 0 radical (unpaired) electrons. The Labute approximate surface area is 147 Å². The van der Waals surface area contributed by atoms with Crippen molar-refractivity contribution in [2.75, 3.05) is 27.2 Å². The summed E-state index contributed by atoms with van der Waals surface area (Å²) >= 11 is 6.17. The number of fused-ring (bicyclic) bond motifs is 1. The Kier molecular flexibility index (Phi) is 5.34. The van der Waals surface area contributed by atoms with Crippen molar-refractivity contribution in [3.8, 4) is 11.3 Å². The van der Waals surface area contributed by atoms with Crippen molar-refractivity contribution < 1.29 is 9.41 Å². The molecule has 4 heteroatoms. The fourth-order valence-electron chi connectivity index (χ4n) is 2.67. The summed E-state index contributed by atoms with van der Waals surface area (Å²) in [6.07, 6.45) is 1.07. The highest BCUT2D eigenvalue weighted by Crippen LogP contribution is 2.23. The molecule has 0 amide bonds. The number of halogens is 1. The third-order valence-electron chi connectivity index (χ3n) is 3.88. The van der Waals surface area contributed by atoms with Crippen LogP contribution in [0.15, 0.2) is 59.0 Å². The highest BCUT2D eigenvalue weighted by atomic mass is 35.5. The third kappa shape index (κ3) is 4.05. The molecule has 0 aliphatic rings. The van der Waals surface area contributed by atoms with Gasteiger partial charge in [0.05, 0.1) is 11.5 Å². The Bertz CT molecular complexity index is 885. The third-order valence-corrected chi connectivity index (χ3v) is 4.12. The Balaban J connectivity index is 2.07. The molecule has 24 heavy (non-hydrogen) atoms. The van der Waals surface area contributed by atoms with E-state index in [9.17, 15) is 0 Å². The molecular weight excluding hydrogens is 320 g/mol. The Hall–Kier alpha value is -2.10. The lowest BCUT2D eigenvalue weighted by Crippen LogP contribution is -2.77. The summed E-state index contributed by atoms with van der Waals surface area (Å²) in [5.74, 6) is 0.848. The van der Waals surface area contributed by atoms with Crippen LogP contribution in [0, 0.1) is 0 Å². The van der Waals surface area contributed by atoms with Crippen LogP contribution in [-0.4, -0.2) is 32.1 Å². The molecule has 0 fully saturated rings. The van der Waals surface area contributed by atoms with Crippen LogP contribution in [0.3, 0.4) is 0 Å². The second-order valence-corrected chi connectivity index (χ2v) is 6.55. The molecule has 0 spiro atoms. The number of hydrogen-bond acceptors (Lipinski definition) is 2. The van der Waals surface area contributed by atoms with Crippen molar-refractivity contribution >= 4 is 22.6 Å². The van der Waals surface area contributed by atoms with Crippen molar-refractivity contribution in [2.24, 2.45) is 0 Å². The molecule has 3 nitrogen and oxygen atoms in total. The standard InChI is InChI=1S/C20H21ClN2O/c1-23(2)12-6-11-22-18-14-20(15-7-4-3-5-8-15)24-19-10-9-16(21)13-17(18)19/h3-5,7-10,13-14H,6,11-12H2,1-2H3/p+1. The Morgan fingerprint density at radius 3 is 2.58 bits per heavy atom. The number of rotatable bonds is 5. The van der Waals surface area contributed by atoms with Gasteiger partial charge in [-0.05, 0) is 32.3 Å². The van der Waals surface area contributed by atoms with Crippen molar-refractivity contribution in [1.29, 1.82) is 0 Å². The smallest absolute Gasteiger partial charge is 0.213 e. The summed E-state index contributed by atoms with van der Waals surface area (Å²) in [6.45, 7) is 1.95. The van der Waals surface area contributed by atoms with Gasteiger partial charge in [0, 0.05) is 23.6 Å². The topological polar surface area (TPSA) is 30.4 Å². The minimum absolute atomic E-state index is 0.710. The molecule has 3 rings (SSSR count). The van der Waals surface area contributed by atoms with Gasteiger partial charge in [0.15, 0.2) is 0 Å². The molecule has 0 saturated carbocycles. The summed E-state index contributed by atoms with van der Waals surface area (Å²) < 4.78 is 6.08. The van der Waals surface area contributed by atoms with E-state index in [1.54, 1.807) is 0 Å². The predicted molar refractivity (Wildman–Crippen MR) is 98.8 cm³/mol. The summed E-state index contributed by atoms with van der Waals surface area (Å²) in [6, 6.07) is 17.9. The molecular formula is C20H22ClN2O+. The SMILES string of the molecule is CN(C)CCC[NH+]=c1cc(-c2ccccc2)oc2ccc(Cl)cc12. The van der Waals surface area contributed by atoms with E-state index in [1.807, 2.05) is 36.4 Å². The second kappa shape index (κ2) is 7.65. The van der Waals surface area contributed by atoms with E-state index in [0.29, 0.717) is 5.02 Å². The highest BCUT2D eigenvalue weighted by molar-refractivity contribution is 6.31. The minimum Gasteiger partial charge on any atom is -0.456 e. The van der Waals surface area contributed by atoms with E-state index in [4.69, 9.17) is 16.0 Å². The van der Waals surface area contributed by atoms with Crippen LogP contribution >= 0.6 is 11.6 Å². The average Bonchev–Trinajstić information content (AvgIpc) is 2.59. The number of hydrogen-bond donors (Lipinski definition) is 1. The van der Waals surface area contributed by atoms with Crippen LogP contribution in [-0.2, 0) is 0 Å². The number of nitrogens with zero attached hydrogens (tertiary/aromatic N) is 1. The normalized spacial score (nSPS) is 12.2.